The van der Waals surface area contributed by atoms with Crippen LogP contribution in [0.1, 0.15) is 9.67 Å². The Labute approximate surface area is 162 Å². The molecular formula is C19H14N4O2S2. The molecular weight excluding hydrogens is 380 g/mol. The Morgan fingerprint density at radius 1 is 0.852 bits per heavy atom. The van der Waals surface area contributed by atoms with E-state index in [1.165, 1.54) is 11.3 Å². The number of anilines is 2. The van der Waals surface area contributed by atoms with Crippen molar-refractivity contribution in [1.82, 2.24) is 4.98 Å². The molecule has 2 aromatic carbocycles. The maximum Gasteiger partial charge on any atom is 0.316 e. The minimum Gasteiger partial charge on any atom is -0.351 e. The summed E-state index contributed by atoms with van der Waals surface area (Å²) in [5.41, 5.74) is 7.23. The van der Waals surface area contributed by atoms with E-state index in [-0.39, 0.29) is 5.91 Å². The summed E-state index contributed by atoms with van der Waals surface area (Å²) in [6, 6.07) is 17.8. The SMILES string of the molecule is NC(=O)Nc1ccc(NC(=O)c2ccc(-c3nc4ccccc4s3)s2)cc1. The highest BCUT2D eigenvalue weighted by Crippen LogP contribution is 2.34. The molecule has 2 aromatic heterocycles. The monoisotopic (exact) mass is 394 g/mol. The van der Waals surface area contributed by atoms with Crippen molar-refractivity contribution < 1.29 is 9.59 Å². The number of carbonyl (C=O) groups excluding carboxylic acids is 2. The van der Waals surface area contributed by atoms with Crippen LogP contribution in [-0.2, 0) is 0 Å². The number of amides is 3. The third kappa shape index (κ3) is 3.81. The van der Waals surface area contributed by atoms with Crippen LogP contribution in [0.4, 0.5) is 16.2 Å². The Morgan fingerprint density at radius 2 is 1.56 bits per heavy atom. The number of benzene rings is 2. The first-order chi connectivity index (χ1) is 13.1. The van der Waals surface area contributed by atoms with Gasteiger partial charge in [-0.3, -0.25) is 4.79 Å². The Bertz CT molecular complexity index is 1100. The second kappa shape index (κ2) is 7.18. The largest absolute Gasteiger partial charge is 0.351 e. The molecule has 4 N–H and O–H groups in total. The lowest BCUT2D eigenvalue weighted by Gasteiger charge is -2.05. The number of rotatable bonds is 4. The Hall–Kier alpha value is -3.23. The molecule has 4 rings (SSSR count). The summed E-state index contributed by atoms with van der Waals surface area (Å²) >= 11 is 3.01. The van der Waals surface area contributed by atoms with Crippen LogP contribution in [0.25, 0.3) is 20.1 Å². The molecule has 27 heavy (non-hydrogen) atoms. The van der Waals surface area contributed by atoms with E-state index in [1.54, 1.807) is 41.7 Å². The van der Waals surface area contributed by atoms with Crippen LogP contribution >= 0.6 is 22.7 Å². The fourth-order valence-corrected chi connectivity index (χ4v) is 4.45. The summed E-state index contributed by atoms with van der Waals surface area (Å²) < 4.78 is 1.12. The molecule has 0 aliphatic heterocycles. The third-order valence-electron chi connectivity index (χ3n) is 3.74. The lowest BCUT2D eigenvalue weighted by molar-refractivity contribution is 0.103. The number of urea groups is 1. The number of thiophene rings is 1. The van der Waals surface area contributed by atoms with Gasteiger partial charge < -0.3 is 16.4 Å². The molecule has 0 fully saturated rings. The van der Waals surface area contributed by atoms with Crippen LogP contribution in [0.15, 0.2) is 60.7 Å². The van der Waals surface area contributed by atoms with Gasteiger partial charge in [-0.15, -0.1) is 22.7 Å². The number of fused-ring (bicyclic) bond motifs is 1. The Balaban J connectivity index is 1.49. The van der Waals surface area contributed by atoms with Crippen molar-refractivity contribution in [2.45, 2.75) is 0 Å². The van der Waals surface area contributed by atoms with Gasteiger partial charge in [-0.2, -0.15) is 0 Å². The van der Waals surface area contributed by atoms with Gasteiger partial charge in [0.2, 0.25) is 0 Å². The molecule has 2 heterocycles. The Morgan fingerprint density at radius 3 is 2.26 bits per heavy atom. The predicted octanol–water partition coefficient (Wildman–Crippen LogP) is 4.77. The van der Waals surface area contributed by atoms with Crippen molar-refractivity contribution in [1.29, 1.82) is 0 Å². The fraction of sp³-hybridized carbons (Fsp3) is 0. The second-order valence-electron chi connectivity index (χ2n) is 5.67. The standard InChI is InChI=1S/C19H14N4O2S2/c20-19(25)22-12-7-5-11(6-8-12)21-17(24)15-9-10-16(26-15)18-23-13-3-1-2-4-14(13)27-18/h1-10H,(H,21,24)(H3,20,22,25). The number of nitrogens with two attached hydrogens (primary N) is 1. The molecule has 0 radical (unpaired) electrons. The molecule has 0 spiro atoms. The van der Waals surface area contributed by atoms with Gasteiger partial charge in [0.25, 0.3) is 5.91 Å². The molecule has 0 bridgehead atoms. The summed E-state index contributed by atoms with van der Waals surface area (Å²) in [7, 11) is 0. The van der Waals surface area contributed by atoms with Gasteiger partial charge in [0.15, 0.2) is 0 Å². The lowest BCUT2D eigenvalue weighted by atomic mass is 10.2. The zero-order valence-electron chi connectivity index (χ0n) is 13.9. The van der Waals surface area contributed by atoms with Crippen molar-refractivity contribution in [2.24, 2.45) is 5.73 Å². The number of nitrogens with one attached hydrogen (secondary N) is 2. The molecule has 6 nitrogen and oxygen atoms in total. The zero-order valence-corrected chi connectivity index (χ0v) is 15.6. The highest BCUT2D eigenvalue weighted by Gasteiger charge is 2.13. The first kappa shape index (κ1) is 17.2. The van der Waals surface area contributed by atoms with E-state index in [2.05, 4.69) is 15.6 Å². The van der Waals surface area contributed by atoms with E-state index in [9.17, 15) is 9.59 Å². The number of thiazole rings is 1. The van der Waals surface area contributed by atoms with E-state index in [0.29, 0.717) is 16.3 Å². The van der Waals surface area contributed by atoms with Crippen molar-refractivity contribution in [3.63, 3.8) is 0 Å². The number of primary amides is 1. The van der Waals surface area contributed by atoms with Crippen LogP contribution in [0.5, 0.6) is 0 Å². The lowest BCUT2D eigenvalue weighted by Crippen LogP contribution is -2.19. The topological polar surface area (TPSA) is 97.1 Å². The molecule has 0 saturated carbocycles. The first-order valence-corrected chi connectivity index (χ1v) is 9.65. The van der Waals surface area contributed by atoms with Crippen LogP contribution in [0, 0.1) is 0 Å². The second-order valence-corrected chi connectivity index (χ2v) is 7.79. The van der Waals surface area contributed by atoms with Crippen molar-refractivity contribution in [3.05, 3.63) is 65.5 Å². The minimum absolute atomic E-state index is 0.192. The van der Waals surface area contributed by atoms with Gasteiger partial charge in [-0.05, 0) is 48.5 Å². The summed E-state index contributed by atoms with van der Waals surface area (Å²) in [5, 5.41) is 6.22. The summed E-state index contributed by atoms with van der Waals surface area (Å²) in [4.78, 5) is 29.5. The smallest absolute Gasteiger partial charge is 0.316 e. The van der Waals surface area contributed by atoms with Crippen LogP contribution in [-0.4, -0.2) is 16.9 Å². The van der Waals surface area contributed by atoms with Crippen molar-refractivity contribution >= 4 is 56.2 Å². The summed E-state index contributed by atoms with van der Waals surface area (Å²) in [6.45, 7) is 0. The van der Waals surface area contributed by atoms with Gasteiger partial charge in [0.1, 0.15) is 5.01 Å². The Kier molecular flexibility index (Phi) is 4.57. The number of hydrogen-bond donors (Lipinski definition) is 3. The summed E-state index contributed by atoms with van der Waals surface area (Å²) in [6.07, 6.45) is 0. The van der Waals surface area contributed by atoms with Gasteiger partial charge in [-0.1, -0.05) is 12.1 Å². The van der Waals surface area contributed by atoms with E-state index in [0.717, 1.165) is 20.1 Å². The molecule has 134 valence electrons. The van der Waals surface area contributed by atoms with Crippen LogP contribution in [0.3, 0.4) is 0 Å². The quantitative estimate of drug-likeness (QED) is 0.465. The fourth-order valence-electron chi connectivity index (χ4n) is 2.52. The van der Waals surface area contributed by atoms with Crippen molar-refractivity contribution in [3.8, 4) is 9.88 Å². The predicted molar refractivity (Wildman–Crippen MR) is 111 cm³/mol. The van der Waals surface area contributed by atoms with E-state index in [1.807, 2.05) is 30.3 Å². The van der Waals surface area contributed by atoms with Gasteiger partial charge >= 0.3 is 6.03 Å². The normalized spacial score (nSPS) is 10.7. The average Bonchev–Trinajstić information content (AvgIpc) is 3.29. The molecule has 0 aliphatic rings. The number of nitrogens with zero attached hydrogens (tertiary/aromatic N) is 1. The van der Waals surface area contributed by atoms with Gasteiger partial charge in [0.05, 0.1) is 20.0 Å². The van der Waals surface area contributed by atoms with E-state index < -0.39 is 6.03 Å². The minimum atomic E-state index is -0.632. The van der Waals surface area contributed by atoms with E-state index in [4.69, 9.17) is 5.73 Å². The number of para-hydroxylation sites is 1. The highest BCUT2D eigenvalue weighted by molar-refractivity contribution is 7.26. The van der Waals surface area contributed by atoms with Gasteiger partial charge in [-0.25, -0.2) is 9.78 Å². The number of hydrogen-bond acceptors (Lipinski definition) is 5. The maximum atomic E-state index is 12.5. The maximum absolute atomic E-state index is 12.5. The molecule has 0 atom stereocenters. The number of aromatic nitrogens is 1. The highest BCUT2D eigenvalue weighted by atomic mass is 32.1. The zero-order chi connectivity index (χ0) is 18.8. The van der Waals surface area contributed by atoms with Crippen LogP contribution in [0.2, 0.25) is 0 Å². The molecule has 8 heteroatoms. The molecule has 0 aliphatic carbocycles. The van der Waals surface area contributed by atoms with Crippen molar-refractivity contribution in [2.75, 3.05) is 10.6 Å². The first-order valence-electron chi connectivity index (χ1n) is 8.02. The van der Waals surface area contributed by atoms with E-state index >= 15 is 0 Å². The van der Waals surface area contributed by atoms with Gasteiger partial charge in [0, 0.05) is 11.4 Å². The summed E-state index contributed by atoms with van der Waals surface area (Å²) in [5.74, 6) is -0.192. The average molecular weight is 394 g/mol. The number of carbonyl (C=O) groups is 2. The molecule has 3 amide bonds. The molecule has 0 unspecified atom stereocenters. The third-order valence-corrected chi connectivity index (χ3v) is 6.03. The molecule has 0 saturated heterocycles. The molecule has 4 aromatic rings. The van der Waals surface area contributed by atoms with Crippen LogP contribution < -0.4 is 16.4 Å².